The van der Waals surface area contributed by atoms with Crippen LogP contribution in [0.1, 0.15) is 29.5 Å². The van der Waals surface area contributed by atoms with Gasteiger partial charge in [0.15, 0.2) is 11.5 Å². The first kappa shape index (κ1) is 14.3. The maximum atomic E-state index is 9.80. The number of nitriles is 1. The summed E-state index contributed by atoms with van der Waals surface area (Å²) in [6.07, 6.45) is 6.07. The van der Waals surface area contributed by atoms with Gasteiger partial charge in [-0.3, -0.25) is 0 Å². The molecule has 3 heterocycles. The second-order valence-corrected chi connectivity index (χ2v) is 6.33. The lowest BCUT2D eigenvalue weighted by Crippen LogP contribution is -2.90. The zero-order valence-electron chi connectivity index (χ0n) is 13.3. The van der Waals surface area contributed by atoms with Gasteiger partial charge in [0.25, 0.3) is 5.82 Å². The molecule has 2 aromatic heterocycles. The third kappa shape index (κ3) is 2.49. The van der Waals surface area contributed by atoms with Gasteiger partial charge in [-0.2, -0.15) is 5.26 Å². The molecular weight excluding hydrogens is 288 g/mol. The number of rotatable bonds is 2. The maximum absolute atomic E-state index is 9.80. The number of anilines is 1. The Labute approximate surface area is 135 Å². The number of furan rings is 1. The Kier molecular flexibility index (Phi) is 3.76. The zero-order chi connectivity index (χ0) is 15.6. The van der Waals surface area contributed by atoms with Crippen molar-refractivity contribution in [3.05, 3.63) is 35.1 Å². The summed E-state index contributed by atoms with van der Waals surface area (Å²) >= 11 is 0. The Morgan fingerprint density at radius 1 is 1.17 bits per heavy atom. The van der Waals surface area contributed by atoms with Crippen molar-refractivity contribution in [1.29, 1.82) is 5.26 Å². The molecule has 0 saturated carbocycles. The lowest BCUT2D eigenvalue weighted by atomic mass is 9.87. The van der Waals surface area contributed by atoms with Crippen molar-refractivity contribution >= 4 is 5.82 Å². The molecule has 0 atom stereocenters. The fourth-order valence-corrected chi connectivity index (χ4v) is 3.82. The van der Waals surface area contributed by atoms with Gasteiger partial charge in [0.2, 0.25) is 0 Å². The summed E-state index contributed by atoms with van der Waals surface area (Å²) in [5.41, 5.74) is 4.41. The number of hydrogen-bond donors (Lipinski definition) is 1. The Balaban J connectivity index is 1.91. The number of hydrogen-bond acceptors (Lipinski definition) is 3. The van der Waals surface area contributed by atoms with Crippen LogP contribution < -0.4 is 15.2 Å². The number of nitrogens with two attached hydrogens (primary N) is 1. The molecule has 1 aliphatic heterocycles. The van der Waals surface area contributed by atoms with E-state index >= 15 is 0 Å². The normalized spacial score (nSPS) is 17.6. The van der Waals surface area contributed by atoms with E-state index in [-0.39, 0.29) is 0 Å². The van der Waals surface area contributed by atoms with Crippen LogP contribution in [-0.2, 0) is 12.8 Å². The molecule has 1 fully saturated rings. The van der Waals surface area contributed by atoms with E-state index in [0.717, 1.165) is 68.3 Å². The number of pyridine rings is 1. The number of aromatic amines is 1. The minimum atomic E-state index is 0.844. The standard InChI is InChI=1S/C18H20N4O/c19-12-15-13-4-1-2-5-14(13)17(16-6-3-11-23-16)21-18(15)22-9-7-20-8-10-22/h3,6,11,20H,1-2,4-5,7-10H2/p+2. The highest BCUT2D eigenvalue weighted by atomic mass is 16.3. The lowest BCUT2D eigenvalue weighted by molar-refractivity contribution is -0.656. The molecule has 0 aromatic carbocycles. The monoisotopic (exact) mass is 310 g/mol. The summed E-state index contributed by atoms with van der Waals surface area (Å²) in [6.45, 7) is 4.10. The van der Waals surface area contributed by atoms with Gasteiger partial charge in [0.1, 0.15) is 37.8 Å². The second-order valence-electron chi connectivity index (χ2n) is 6.33. The molecule has 0 unspecified atom stereocenters. The summed E-state index contributed by atoms with van der Waals surface area (Å²) in [6, 6.07) is 6.40. The lowest BCUT2D eigenvalue weighted by Gasteiger charge is -2.24. The first-order chi connectivity index (χ1) is 11.4. The molecule has 4 rings (SSSR count). The van der Waals surface area contributed by atoms with E-state index in [2.05, 4.69) is 21.3 Å². The van der Waals surface area contributed by atoms with Crippen molar-refractivity contribution < 1.29 is 14.7 Å². The summed E-state index contributed by atoms with van der Waals surface area (Å²) < 4.78 is 5.66. The quantitative estimate of drug-likeness (QED) is 0.895. The van der Waals surface area contributed by atoms with E-state index in [1.165, 1.54) is 17.5 Å². The van der Waals surface area contributed by atoms with Crippen LogP contribution in [0.5, 0.6) is 0 Å². The fraction of sp³-hybridized carbons (Fsp3) is 0.444. The van der Waals surface area contributed by atoms with E-state index < -0.39 is 0 Å². The van der Waals surface area contributed by atoms with Crippen molar-refractivity contribution in [3.63, 3.8) is 0 Å². The van der Waals surface area contributed by atoms with Crippen LogP contribution >= 0.6 is 0 Å². The highest BCUT2D eigenvalue weighted by Gasteiger charge is 2.32. The molecule has 0 amide bonds. The molecule has 0 bridgehead atoms. The third-order valence-corrected chi connectivity index (χ3v) is 4.95. The van der Waals surface area contributed by atoms with Crippen LogP contribution in [0.2, 0.25) is 0 Å². The Morgan fingerprint density at radius 2 is 1.96 bits per heavy atom. The Bertz CT molecular complexity index is 739. The van der Waals surface area contributed by atoms with Gasteiger partial charge in [0.05, 0.1) is 6.26 Å². The highest BCUT2D eigenvalue weighted by molar-refractivity contribution is 5.65. The van der Waals surface area contributed by atoms with Crippen LogP contribution in [0.15, 0.2) is 22.8 Å². The SMILES string of the molecule is N#Cc1c(N2CC[NH2+]CC2)[nH+]c(-c2ccco2)c2c1CCCC2. The Hall–Kier alpha value is -2.32. The van der Waals surface area contributed by atoms with E-state index in [9.17, 15) is 5.26 Å². The van der Waals surface area contributed by atoms with Crippen LogP contribution in [0, 0.1) is 11.3 Å². The summed E-state index contributed by atoms with van der Waals surface area (Å²) in [7, 11) is 0. The molecule has 2 aliphatic rings. The van der Waals surface area contributed by atoms with Gasteiger partial charge < -0.3 is 9.73 Å². The van der Waals surface area contributed by atoms with Crippen molar-refractivity contribution in [2.75, 3.05) is 31.1 Å². The predicted molar refractivity (Wildman–Crippen MR) is 85.9 cm³/mol. The average Bonchev–Trinajstić information content (AvgIpc) is 3.15. The van der Waals surface area contributed by atoms with E-state index in [4.69, 9.17) is 4.42 Å². The van der Waals surface area contributed by atoms with Crippen LogP contribution in [0.4, 0.5) is 5.82 Å². The number of H-pyrrole nitrogens is 1. The number of quaternary nitrogens is 1. The molecule has 2 aromatic rings. The van der Waals surface area contributed by atoms with Crippen LogP contribution in [0.3, 0.4) is 0 Å². The molecular formula is C18H22N4O+2. The largest absolute Gasteiger partial charge is 0.461 e. The molecule has 1 aliphatic carbocycles. The molecule has 5 nitrogen and oxygen atoms in total. The third-order valence-electron chi connectivity index (χ3n) is 4.95. The van der Waals surface area contributed by atoms with Gasteiger partial charge in [-0.25, -0.2) is 9.88 Å². The number of aromatic nitrogens is 1. The number of nitrogens with zero attached hydrogens (tertiary/aromatic N) is 2. The smallest absolute Gasteiger partial charge is 0.293 e. The van der Waals surface area contributed by atoms with E-state index in [1.807, 2.05) is 12.1 Å². The number of fused-ring (bicyclic) bond motifs is 1. The van der Waals surface area contributed by atoms with Crippen LogP contribution in [-0.4, -0.2) is 26.2 Å². The molecule has 23 heavy (non-hydrogen) atoms. The first-order valence-corrected chi connectivity index (χ1v) is 8.50. The zero-order valence-corrected chi connectivity index (χ0v) is 13.3. The maximum Gasteiger partial charge on any atom is 0.293 e. The van der Waals surface area contributed by atoms with Gasteiger partial charge in [-0.1, -0.05) is 0 Å². The second kappa shape index (κ2) is 6.05. The summed E-state index contributed by atoms with van der Waals surface area (Å²) in [5, 5.41) is 12.1. The van der Waals surface area contributed by atoms with E-state index in [1.54, 1.807) is 6.26 Å². The summed E-state index contributed by atoms with van der Waals surface area (Å²) in [4.78, 5) is 5.88. The van der Waals surface area contributed by atoms with Gasteiger partial charge in [-0.15, -0.1) is 0 Å². The molecule has 1 saturated heterocycles. The van der Waals surface area contributed by atoms with Crippen LogP contribution in [0.25, 0.3) is 11.5 Å². The van der Waals surface area contributed by atoms with Gasteiger partial charge in [-0.05, 0) is 43.4 Å². The van der Waals surface area contributed by atoms with Crippen molar-refractivity contribution in [2.45, 2.75) is 25.7 Å². The van der Waals surface area contributed by atoms with Crippen molar-refractivity contribution in [2.24, 2.45) is 0 Å². The molecule has 0 radical (unpaired) electrons. The molecule has 0 spiro atoms. The molecule has 3 N–H and O–H groups in total. The van der Waals surface area contributed by atoms with E-state index in [0.29, 0.717) is 0 Å². The number of piperazine rings is 1. The first-order valence-electron chi connectivity index (χ1n) is 8.50. The average molecular weight is 310 g/mol. The Morgan fingerprint density at radius 3 is 2.65 bits per heavy atom. The predicted octanol–water partition coefficient (Wildman–Crippen LogP) is 0.895. The van der Waals surface area contributed by atoms with Gasteiger partial charge in [0, 0.05) is 5.56 Å². The molecule has 5 heteroatoms. The fourth-order valence-electron chi connectivity index (χ4n) is 3.82. The van der Waals surface area contributed by atoms with Crippen molar-refractivity contribution in [3.8, 4) is 17.5 Å². The summed E-state index contributed by atoms with van der Waals surface area (Å²) in [5.74, 6) is 1.85. The minimum absolute atomic E-state index is 0.844. The number of nitrogens with one attached hydrogen (secondary N) is 1. The highest BCUT2D eigenvalue weighted by Crippen LogP contribution is 2.34. The molecule has 118 valence electrons. The van der Waals surface area contributed by atoms with Crippen molar-refractivity contribution in [1.82, 2.24) is 0 Å². The minimum Gasteiger partial charge on any atom is -0.461 e. The topological polar surface area (TPSA) is 70.9 Å². The van der Waals surface area contributed by atoms with Gasteiger partial charge >= 0.3 is 0 Å².